The zero-order chi connectivity index (χ0) is 12.0. The molecule has 0 bridgehead atoms. The molecule has 1 aliphatic carbocycles. The molecule has 0 saturated carbocycles. The van der Waals surface area contributed by atoms with Gasteiger partial charge in [-0.15, -0.1) is 0 Å². The van der Waals surface area contributed by atoms with Gasteiger partial charge in [0.05, 0.1) is 11.3 Å². The fourth-order valence-corrected chi connectivity index (χ4v) is 1.26. The number of carbonyl (C=O) groups excluding carboxylic acids is 1. The Bertz CT molecular complexity index is 459. The van der Waals surface area contributed by atoms with E-state index in [9.17, 15) is 4.79 Å². The predicted octanol–water partition coefficient (Wildman–Crippen LogP) is 2.50. The largest absolute Gasteiger partial charge is 0.298 e. The molecule has 3 heteroatoms. The number of nitriles is 1. The van der Waals surface area contributed by atoms with Crippen LogP contribution in [0.15, 0.2) is 52.7 Å². The van der Waals surface area contributed by atoms with Gasteiger partial charge in [0.2, 0.25) is 0 Å². The highest BCUT2D eigenvalue weighted by molar-refractivity contribution is 5.83. The lowest BCUT2D eigenvalue weighted by Crippen LogP contribution is -1.96. The molecule has 0 aromatic heterocycles. The minimum Gasteiger partial charge on any atom is -0.298 e. The lowest BCUT2D eigenvalue weighted by atomic mass is 9.97. The van der Waals surface area contributed by atoms with Crippen LogP contribution >= 0.6 is 0 Å². The molecule has 0 heterocycles. The van der Waals surface area contributed by atoms with Gasteiger partial charge in [-0.05, 0) is 24.0 Å². The van der Waals surface area contributed by atoms with Crippen LogP contribution in [0, 0.1) is 11.3 Å². The summed E-state index contributed by atoms with van der Waals surface area (Å²) in [6.07, 6.45) is 7.31. The molecular weight excluding hydrogens is 200 g/mol. The van der Waals surface area contributed by atoms with Gasteiger partial charge in [0, 0.05) is 6.21 Å². The van der Waals surface area contributed by atoms with Crippen LogP contribution in [-0.4, -0.2) is 12.5 Å². The average Bonchev–Trinajstić information content (AvgIpc) is 2.35. The van der Waals surface area contributed by atoms with E-state index in [1.807, 2.05) is 12.1 Å². The van der Waals surface area contributed by atoms with Gasteiger partial charge in [-0.2, -0.15) is 5.26 Å². The van der Waals surface area contributed by atoms with E-state index in [0.717, 1.165) is 23.9 Å². The first-order valence-corrected chi connectivity index (χ1v) is 4.84. The molecule has 0 atom stereocenters. The van der Waals surface area contributed by atoms with E-state index in [1.54, 1.807) is 6.08 Å². The van der Waals surface area contributed by atoms with Crippen molar-refractivity contribution in [2.75, 3.05) is 0 Å². The van der Waals surface area contributed by atoms with Crippen LogP contribution in [0.4, 0.5) is 0 Å². The van der Waals surface area contributed by atoms with Gasteiger partial charge in [-0.1, -0.05) is 25.3 Å². The maximum atomic E-state index is 10.5. The van der Waals surface area contributed by atoms with Crippen LogP contribution in [0.1, 0.15) is 12.8 Å². The van der Waals surface area contributed by atoms with Crippen LogP contribution in [-0.2, 0) is 4.79 Å². The second-order valence-corrected chi connectivity index (χ2v) is 3.39. The molecular formula is C13H12N2O. The van der Waals surface area contributed by atoms with E-state index >= 15 is 0 Å². The van der Waals surface area contributed by atoms with Crippen LogP contribution in [0.3, 0.4) is 0 Å². The molecule has 0 N–H and O–H groups in total. The topological polar surface area (TPSA) is 53.2 Å². The van der Waals surface area contributed by atoms with Crippen LogP contribution in [0.2, 0.25) is 0 Å². The molecule has 0 aliphatic heterocycles. The molecule has 0 unspecified atom stereocenters. The van der Waals surface area contributed by atoms with E-state index in [2.05, 4.69) is 18.2 Å². The minimum absolute atomic E-state index is 0.293. The van der Waals surface area contributed by atoms with Crippen molar-refractivity contribution < 1.29 is 4.79 Å². The number of aldehydes is 1. The standard InChI is InChI=1S/C13H12N2O/c1-10(7-14)8-15-11(2)13-5-3-12(9-16)4-6-13/h3,5,8-9H,1-2,4,6H2. The molecule has 0 radical (unpaired) electrons. The number of rotatable bonds is 4. The maximum Gasteiger partial charge on any atom is 0.146 e. The van der Waals surface area contributed by atoms with Crippen molar-refractivity contribution in [1.29, 1.82) is 5.26 Å². The van der Waals surface area contributed by atoms with Gasteiger partial charge in [0.15, 0.2) is 0 Å². The third kappa shape index (κ3) is 3.18. The van der Waals surface area contributed by atoms with E-state index in [0.29, 0.717) is 17.7 Å². The fourth-order valence-electron chi connectivity index (χ4n) is 1.26. The van der Waals surface area contributed by atoms with Crippen LogP contribution in [0.5, 0.6) is 0 Å². The lowest BCUT2D eigenvalue weighted by molar-refractivity contribution is -0.105. The van der Waals surface area contributed by atoms with Gasteiger partial charge in [0.1, 0.15) is 12.4 Å². The summed E-state index contributed by atoms with van der Waals surface area (Å²) in [5.41, 5.74) is 2.66. The Balaban J connectivity index is 2.71. The SMILES string of the molecule is C=C(C#N)C=NC(=C)C1=CC=C(C=O)CC1. The highest BCUT2D eigenvalue weighted by Gasteiger charge is 2.07. The van der Waals surface area contributed by atoms with Gasteiger partial charge in [-0.25, -0.2) is 0 Å². The summed E-state index contributed by atoms with van der Waals surface area (Å²) >= 11 is 0. The molecule has 0 saturated heterocycles. The molecule has 0 aromatic rings. The van der Waals surface area contributed by atoms with E-state index in [-0.39, 0.29) is 0 Å². The summed E-state index contributed by atoms with van der Waals surface area (Å²) in [7, 11) is 0. The molecule has 1 rings (SSSR count). The Hall–Kier alpha value is -2.21. The fraction of sp³-hybridized carbons (Fsp3) is 0.154. The summed E-state index contributed by atoms with van der Waals surface area (Å²) in [6, 6.07) is 1.88. The maximum absolute atomic E-state index is 10.5. The molecule has 3 nitrogen and oxygen atoms in total. The number of allylic oxidation sites excluding steroid dienone is 5. The van der Waals surface area contributed by atoms with Gasteiger partial charge < -0.3 is 0 Å². The number of hydrogen-bond donors (Lipinski definition) is 0. The van der Waals surface area contributed by atoms with Crippen molar-refractivity contribution in [2.45, 2.75) is 12.8 Å². The van der Waals surface area contributed by atoms with Gasteiger partial charge in [0.25, 0.3) is 0 Å². The Morgan fingerprint density at radius 2 is 2.19 bits per heavy atom. The highest BCUT2D eigenvalue weighted by Crippen LogP contribution is 2.22. The first-order valence-electron chi connectivity index (χ1n) is 4.84. The summed E-state index contributed by atoms with van der Waals surface area (Å²) < 4.78 is 0. The minimum atomic E-state index is 0.293. The zero-order valence-corrected chi connectivity index (χ0v) is 8.94. The first kappa shape index (κ1) is 11.9. The van der Waals surface area contributed by atoms with E-state index < -0.39 is 0 Å². The Labute approximate surface area is 94.8 Å². The van der Waals surface area contributed by atoms with E-state index in [1.165, 1.54) is 6.21 Å². The monoisotopic (exact) mass is 212 g/mol. The molecule has 0 amide bonds. The number of nitrogens with zero attached hydrogens (tertiary/aromatic N) is 2. The quantitative estimate of drug-likeness (QED) is 0.408. The Morgan fingerprint density at radius 1 is 1.44 bits per heavy atom. The van der Waals surface area contributed by atoms with E-state index in [4.69, 9.17) is 5.26 Å². The smallest absolute Gasteiger partial charge is 0.146 e. The second-order valence-electron chi connectivity index (χ2n) is 3.39. The van der Waals surface area contributed by atoms with Crippen LogP contribution < -0.4 is 0 Å². The summed E-state index contributed by atoms with van der Waals surface area (Å²) in [5.74, 6) is 0. The van der Waals surface area contributed by atoms with Crippen LogP contribution in [0.25, 0.3) is 0 Å². The molecule has 0 aromatic carbocycles. The normalized spacial score (nSPS) is 14.9. The molecule has 1 aliphatic rings. The Kier molecular flexibility index (Phi) is 4.16. The van der Waals surface area contributed by atoms with Crippen molar-refractivity contribution in [2.24, 2.45) is 4.99 Å². The van der Waals surface area contributed by atoms with Crippen molar-refractivity contribution in [1.82, 2.24) is 0 Å². The third-order valence-electron chi connectivity index (χ3n) is 2.22. The van der Waals surface area contributed by atoms with Gasteiger partial charge >= 0.3 is 0 Å². The zero-order valence-electron chi connectivity index (χ0n) is 8.94. The summed E-state index contributed by atoms with van der Waals surface area (Å²) in [6.45, 7) is 7.29. The summed E-state index contributed by atoms with van der Waals surface area (Å²) in [5, 5.41) is 8.49. The highest BCUT2D eigenvalue weighted by atomic mass is 16.1. The molecule has 0 spiro atoms. The lowest BCUT2D eigenvalue weighted by Gasteiger charge is -2.10. The molecule has 0 fully saturated rings. The van der Waals surface area contributed by atoms with Crippen molar-refractivity contribution in [3.05, 3.63) is 47.7 Å². The Morgan fingerprint density at radius 3 is 2.69 bits per heavy atom. The van der Waals surface area contributed by atoms with Crippen molar-refractivity contribution in [3.63, 3.8) is 0 Å². The van der Waals surface area contributed by atoms with Gasteiger partial charge in [-0.3, -0.25) is 9.79 Å². The van der Waals surface area contributed by atoms with Crippen molar-refractivity contribution in [3.8, 4) is 6.07 Å². The predicted molar refractivity (Wildman–Crippen MR) is 63.8 cm³/mol. The number of hydrogen-bond acceptors (Lipinski definition) is 3. The third-order valence-corrected chi connectivity index (χ3v) is 2.22. The molecule has 80 valence electrons. The molecule has 16 heavy (non-hydrogen) atoms. The van der Waals surface area contributed by atoms with Crippen molar-refractivity contribution >= 4 is 12.5 Å². The number of carbonyl (C=O) groups is 1. The summed E-state index contributed by atoms with van der Waals surface area (Å²) in [4.78, 5) is 14.5. The second kappa shape index (κ2) is 5.62. The first-order chi connectivity index (χ1) is 7.67. The number of aliphatic imine (C=N–C) groups is 1. The average molecular weight is 212 g/mol.